The third-order valence-electron chi connectivity index (χ3n) is 1.84. The number of anilines is 1. The highest BCUT2D eigenvalue weighted by atomic mass is 79.9. The van der Waals surface area contributed by atoms with Gasteiger partial charge in [-0.05, 0) is 45.8 Å². The molecule has 3 N–H and O–H groups in total. The summed E-state index contributed by atoms with van der Waals surface area (Å²) in [7, 11) is 3.98. The number of benzene rings is 1. The molecule has 0 amide bonds. The van der Waals surface area contributed by atoms with Gasteiger partial charge in [-0.3, -0.25) is 5.43 Å². The van der Waals surface area contributed by atoms with Crippen LogP contribution in [-0.4, -0.2) is 25.4 Å². The molecule has 0 saturated heterocycles. The summed E-state index contributed by atoms with van der Waals surface area (Å²) in [6, 6.07) is 5.94. The van der Waals surface area contributed by atoms with Gasteiger partial charge in [-0.25, -0.2) is 0 Å². The van der Waals surface area contributed by atoms with Gasteiger partial charge >= 0.3 is 0 Å². The van der Waals surface area contributed by atoms with Crippen LogP contribution in [0.2, 0.25) is 0 Å². The lowest BCUT2D eigenvalue weighted by Gasteiger charge is -2.14. The molecule has 0 saturated carbocycles. The average Bonchev–Trinajstić information content (AvgIpc) is 2.16. The second-order valence-corrected chi connectivity index (χ2v) is 4.63. The zero-order chi connectivity index (χ0) is 12.1. The van der Waals surface area contributed by atoms with Crippen molar-refractivity contribution in [2.45, 2.75) is 0 Å². The van der Waals surface area contributed by atoms with Crippen LogP contribution in [-0.2, 0) is 0 Å². The van der Waals surface area contributed by atoms with Gasteiger partial charge in [-0.15, -0.1) is 0 Å². The lowest BCUT2D eigenvalue weighted by molar-refractivity contribution is 1.04. The van der Waals surface area contributed by atoms with E-state index >= 15 is 0 Å². The highest BCUT2D eigenvalue weighted by Crippen LogP contribution is 2.25. The van der Waals surface area contributed by atoms with E-state index in [1.165, 1.54) is 0 Å². The van der Waals surface area contributed by atoms with Crippen LogP contribution in [0.3, 0.4) is 0 Å². The minimum Gasteiger partial charge on any atom is -0.377 e. The smallest absolute Gasteiger partial charge is 0.184 e. The quantitative estimate of drug-likeness (QED) is 0.507. The molecule has 0 radical (unpaired) electrons. The number of hydrogen-bond acceptors (Lipinski definition) is 3. The van der Waals surface area contributed by atoms with Crippen LogP contribution in [0.25, 0.3) is 0 Å². The molecule has 0 atom stereocenters. The summed E-state index contributed by atoms with van der Waals surface area (Å²) in [5.74, 6) is 0. The number of hydrazone groups is 1. The lowest BCUT2D eigenvalue weighted by atomic mass is 10.2. The topological polar surface area (TPSA) is 53.6 Å². The van der Waals surface area contributed by atoms with Crippen molar-refractivity contribution in [3.8, 4) is 0 Å². The summed E-state index contributed by atoms with van der Waals surface area (Å²) in [6.07, 6.45) is 1.66. The Labute approximate surface area is 109 Å². The number of thiocarbonyl (C=S) groups is 1. The summed E-state index contributed by atoms with van der Waals surface area (Å²) in [5.41, 5.74) is 9.81. The Morgan fingerprint density at radius 3 is 2.75 bits per heavy atom. The highest BCUT2D eigenvalue weighted by Gasteiger charge is 2.01. The Balaban J connectivity index is 2.81. The predicted molar refractivity (Wildman–Crippen MR) is 76.0 cm³/mol. The monoisotopic (exact) mass is 300 g/mol. The molecule has 0 aromatic heterocycles. The second-order valence-electron chi connectivity index (χ2n) is 3.34. The van der Waals surface area contributed by atoms with E-state index in [9.17, 15) is 0 Å². The zero-order valence-corrected chi connectivity index (χ0v) is 11.5. The minimum absolute atomic E-state index is 0.153. The third kappa shape index (κ3) is 3.79. The third-order valence-corrected chi connectivity index (χ3v) is 2.57. The first-order valence-corrected chi connectivity index (χ1v) is 5.76. The van der Waals surface area contributed by atoms with Crippen LogP contribution in [0.15, 0.2) is 27.8 Å². The molecule has 0 fully saturated rings. The van der Waals surface area contributed by atoms with Crippen molar-refractivity contribution in [2.24, 2.45) is 10.8 Å². The summed E-state index contributed by atoms with van der Waals surface area (Å²) >= 11 is 8.12. The average molecular weight is 301 g/mol. The van der Waals surface area contributed by atoms with Crippen LogP contribution in [0.4, 0.5) is 5.69 Å². The van der Waals surface area contributed by atoms with Crippen LogP contribution >= 0.6 is 28.1 Å². The van der Waals surface area contributed by atoms with Gasteiger partial charge in [0.25, 0.3) is 0 Å². The molecule has 1 aromatic rings. The molecule has 16 heavy (non-hydrogen) atoms. The SMILES string of the molecule is CN(C)c1ccc(/C=N\NC(N)=S)cc1Br. The molecule has 0 bridgehead atoms. The van der Waals surface area contributed by atoms with E-state index in [1.54, 1.807) is 6.21 Å². The molecule has 0 aliphatic rings. The number of nitrogens with two attached hydrogens (primary N) is 1. The Kier molecular flexibility index (Phi) is 4.70. The summed E-state index contributed by atoms with van der Waals surface area (Å²) in [4.78, 5) is 2.03. The molecule has 4 nitrogen and oxygen atoms in total. The van der Waals surface area contributed by atoms with Crippen molar-refractivity contribution in [3.05, 3.63) is 28.2 Å². The molecule has 1 aromatic carbocycles. The molecule has 0 unspecified atom stereocenters. The maximum absolute atomic E-state index is 5.24. The van der Waals surface area contributed by atoms with Crippen molar-refractivity contribution in [3.63, 3.8) is 0 Å². The van der Waals surface area contributed by atoms with Crippen LogP contribution in [0.1, 0.15) is 5.56 Å². The summed E-state index contributed by atoms with van der Waals surface area (Å²) in [6.45, 7) is 0. The van der Waals surface area contributed by atoms with Gasteiger partial charge in [0, 0.05) is 18.6 Å². The molecule has 1 rings (SSSR count). The van der Waals surface area contributed by atoms with Gasteiger partial charge in [0.05, 0.1) is 11.9 Å². The first-order chi connectivity index (χ1) is 7.50. The van der Waals surface area contributed by atoms with E-state index in [0.29, 0.717) is 0 Å². The van der Waals surface area contributed by atoms with Crippen LogP contribution in [0, 0.1) is 0 Å². The number of rotatable bonds is 3. The first-order valence-electron chi connectivity index (χ1n) is 4.56. The van der Waals surface area contributed by atoms with Gasteiger partial charge in [0.1, 0.15) is 0 Å². The van der Waals surface area contributed by atoms with Crippen molar-refractivity contribution in [1.29, 1.82) is 0 Å². The molecule has 6 heteroatoms. The second kappa shape index (κ2) is 5.81. The number of hydrogen-bond donors (Lipinski definition) is 2. The van der Waals surface area contributed by atoms with E-state index in [-0.39, 0.29) is 5.11 Å². The van der Waals surface area contributed by atoms with Crippen molar-refractivity contribution in [1.82, 2.24) is 5.43 Å². The molecule has 0 spiro atoms. The van der Waals surface area contributed by atoms with Crippen LogP contribution in [0.5, 0.6) is 0 Å². The Bertz CT molecular complexity index is 417. The highest BCUT2D eigenvalue weighted by molar-refractivity contribution is 9.10. The van der Waals surface area contributed by atoms with Crippen molar-refractivity contribution < 1.29 is 0 Å². The molecular formula is C10H13BrN4S. The van der Waals surface area contributed by atoms with Crippen molar-refractivity contribution in [2.75, 3.05) is 19.0 Å². The number of nitrogens with one attached hydrogen (secondary N) is 1. The lowest BCUT2D eigenvalue weighted by Crippen LogP contribution is -2.23. The fraction of sp³-hybridized carbons (Fsp3) is 0.200. The Morgan fingerprint density at radius 2 is 2.25 bits per heavy atom. The normalized spacial score (nSPS) is 10.4. The molecule has 0 aliphatic carbocycles. The number of halogens is 1. The fourth-order valence-electron chi connectivity index (χ4n) is 1.14. The van der Waals surface area contributed by atoms with E-state index in [2.05, 4.69) is 38.7 Å². The fourth-order valence-corrected chi connectivity index (χ4v) is 1.94. The minimum atomic E-state index is 0.153. The van der Waals surface area contributed by atoms with E-state index < -0.39 is 0 Å². The largest absolute Gasteiger partial charge is 0.377 e. The van der Waals surface area contributed by atoms with Gasteiger partial charge in [0.15, 0.2) is 5.11 Å². The van der Waals surface area contributed by atoms with Gasteiger partial charge in [0.2, 0.25) is 0 Å². The summed E-state index contributed by atoms with van der Waals surface area (Å²) in [5, 5.41) is 4.03. The standard InChI is InChI=1S/C10H13BrN4S/c1-15(2)9-4-3-7(5-8(9)11)6-13-14-10(12)16/h3-6H,1-2H3,(H3,12,14,16)/b13-6-. The Hall–Kier alpha value is -1.14. The van der Waals surface area contributed by atoms with Crippen molar-refractivity contribution >= 4 is 45.2 Å². The summed E-state index contributed by atoms with van der Waals surface area (Å²) < 4.78 is 1.01. The maximum Gasteiger partial charge on any atom is 0.184 e. The predicted octanol–water partition coefficient (Wildman–Crippen LogP) is 1.68. The van der Waals surface area contributed by atoms with Gasteiger partial charge < -0.3 is 10.6 Å². The van der Waals surface area contributed by atoms with Gasteiger partial charge in [-0.2, -0.15) is 5.10 Å². The maximum atomic E-state index is 5.24. The van der Waals surface area contributed by atoms with E-state index in [1.807, 2.05) is 37.2 Å². The van der Waals surface area contributed by atoms with E-state index in [0.717, 1.165) is 15.7 Å². The van der Waals surface area contributed by atoms with Crippen LogP contribution < -0.4 is 16.1 Å². The molecular weight excluding hydrogens is 288 g/mol. The zero-order valence-electron chi connectivity index (χ0n) is 9.07. The molecule has 0 aliphatic heterocycles. The molecule has 0 heterocycles. The Morgan fingerprint density at radius 1 is 1.56 bits per heavy atom. The van der Waals surface area contributed by atoms with Gasteiger partial charge in [-0.1, -0.05) is 6.07 Å². The number of nitrogens with zero attached hydrogens (tertiary/aromatic N) is 2. The van der Waals surface area contributed by atoms with E-state index in [4.69, 9.17) is 5.73 Å². The first kappa shape index (κ1) is 12.9. The molecule has 86 valence electrons.